The van der Waals surface area contributed by atoms with E-state index >= 15 is 0 Å². The number of nitrogens with two attached hydrogens (primary N) is 1. The monoisotopic (exact) mass is 362 g/mol. The van der Waals surface area contributed by atoms with Crippen LogP contribution in [0.3, 0.4) is 0 Å². The lowest BCUT2D eigenvalue weighted by molar-refractivity contribution is -0.146. The van der Waals surface area contributed by atoms with Crippen molar-refractivity contribution in [2.75, 3.05) is 7.11 Å². The summed E-state index contributed by atoms with van der Waals surface area (Å²) in [7, 11) is 1.31. The van der Waals surface area contributed by atoms with Crippen LogP contribution >= 0.6 is 0 Å². The van der Waals surface area contributed by atoms with Crippen LogP contribution in [0.15, 0.2) is 11.3 Å². The molecule has 1 aliphatic heterocycles. The number of fused-ring (bicyclic) bond motifs is 3. The highest BCUT2D eigenvalue weighted by atomic mass is 16.5. The van der Waals surface area contributed by atoms with Gasteiger partial charge in [-0.1, -0.05) is 0 Å². The second-order valence-electron chi connectivity index (χ2n) is 6.05. The molecule has 9 nitrogen and oxygen atoms in total. The molecular formula is C17H18N2O7. The Morgan fingerprint density at radius 3 is 2.54 bits per heavy atom. The van der Waals surface area contributed by atoms with Crippen LogP contribution in [0.4, 0.5) is 4.79 Å². The Kier molecular flexibility index (Phi) is 4.31. The van der Waals surface area contributed by atoms with Crippen LogP contribution < -0.4 is 5.73 Å². The molecule has 0 bridgehead atoms. The molecule has 138 valence electrons. The first-order valence-corrected chi connectivity index (χ1v) is 7.96. The zero-order valence-electron chi connectivity index (χ0n) is 14.6. The van der Waals surface area contributed by atoms with Crippen molar-refractivity contribution in [2.45, 2.75) is 39.5 Å². The number of rotatable bonds is 4. The highest BCUT2D eigenvalue weighted by Crippen LogP contribution is 2.42. The van der Waals surface area contributed by atoms with Crippen LogP contribution in [-0.2, 0) is 32.2 Å². The predicted octanol–water partition coefficient (Wildman–Crippen LogP) is 1.39. The number of hydrogen-bond donors (Lipinski definition) is 1. The Balaban J connectivity index is 2.21. The van der Waals surface area contributed by atoms with Gasteiger partial charge >= 0.3 is 12.1 Å². The van der Waals surface area contributed by atoms with E-state index in [1.165, 1.54) is 21.0 Å². The van der Waals surface area contributed by atoms with E-state index in [0.29, 0.717) is 24.2 Å². The second-order valence-corrected chi connectivity index (χ2v) is 6.05. The van der Waals surface area contributed by atoms with Crippen LogP contribution in [0.25, 0.3) is 0 Å². The highest BCUT2D eigenvalue weighted by Gasteiger charge is 2.43. The third-order valence-electron chi connectivity index (χ3n) is 4.53. The zero-order valence-corrected chi connectivity index (χ0v) is 14.6. The molecule has 1 aromatic rings. The molecule has 1 aromatic heterocycles. The average Bonchev–Trinajstić information content (AvgIpc) is 3.09. The van der Waals surface area contributed by atoms with Gasteiger partial charge in [-0.05, 0) is 6.92 Å². The zero-order chi connectivity index (χ0) is 19.2. The van der Waals surface area contributed by atoms with E-state index in [-0.39, 0.29) is 35.0 Å². The van der Waals surface area contributed by atoms with Crippen LogP contribution in [0.2, 0.25) is 0 Å². The fraction of sp³-hybridized carbons (Fsp3) is 0.412. The molecule has 0 saturated heterocycles. The van der Waals surface area contributed by atoms with Crippen molar-refractivity contribution in [2.24, 2.45) is 5.73 Å². The van der Waals surface area contributed by atoms with Crippen LogP contribution in [0.5, 0.6) is 0 Å². The van der Waals surface area contributed by atoms with Gasteiger partial charge in [-0.2, -0.15) is 0 Å². The number of Topliss-reactive ketones (excluding diaryl/α,β-unsaturated/α-hetero) is 2. The molecule has 1 atom stereocenters. The summed E-state index contributed by atoms with van der Waals surface area (Å²) in [6.07, 6.45) is -1.21. The molecular weight excluding hydrogens is 344 g/mol. The molecule has 3 rings (SSSR count). The second kappa shape index (κ2) is 6.32. The number of amides is 1. The van der Waals surface area contributed by atoms with E-state index in [9.17, 15) is 19.2 Å². The molecule has 0 saturated carbocycles. The molecule has 2 N–H and O–H groups in total. The number of allylic oxidation sites excluding steroid dienone is 2. The minimum Gasteiger partial charge on any atom is -0.492 e. The molecule has 2 heterocycles. The van der Waals surface area contributed by atoms with Gasteiger partial charge in [0.1, 0.15) is 18.4 Å². The number of primary amides is 1. The Morgan fingerprint density at radius 2 is 1.96 bits per heavy atom. The van der Waals surface area contributed by atoms with Crippen molar-refractivity contribution in [3.8, 4) is 0 Å². The lowest BCUT2D eigenvalue weighted by atomic mass is 9.90. The maximum absolute atomic E-state index is 12.9. The summed E-state index contributed by atoms with van der Waals surface area (Å²) in [6.45, 7) is 2.86. The summed E-state index contributed by atoms with van der Waals surface area (Å²) in [5.74, 6) is -1.39. The first-order chi connectivity index (χ1) is 12.3. The van der Waals surface area contributed by atoms with Gasteiger partial charge in [0.15, 0.2) is 5.76 Å². The molecule has 1 aliphatic carbocycles. The van der Waals surface area contributed by atoms with Gasteiger partial charge in [-0.25, -0.2) is 4.79 Å². The number of carbonyl (C=O) groups is 4. The van der Waals surface area contributed by atoms with Crippen molar-refractivity contribution in [1.82, 2.24) is 4.57 Å². The SMILES string of the molecule is COC1=C(C)C(=O)c2c(c(COC(N)=O)c3n2CCC3OC(C)=O)C1=O. The smallest absolute Gasteiger partial charge is 0.404 e. The van der Waals surface area contributed by atoms with Crippen molar-refractivity contribution >= 4 is 23.6 Å². The summed E-state index contributed by atoms with van der Waals surface area (Å²) in [6, 6.07) is 0. The number of nitrogens with zero attached hydrogens (tertiary/aromatic N) is 1. The average molecular weight is 362 g/mol. The molecule has 9 heteroatoms. The molecule has 0 fully saturated rings. The van der Waals surface area contributed by atoms with E-state index in [2.05, 4.69) is 0 Å². The Bertz CT molecular complexity index is 878. The minimum atomic E-state index is -1.02. The van der Waals surface area contributed by atoms with Gasteiger partial charge in [0.2, 0.25) is 11.6 Å². The number of ether oxygens (including phenoxy) is 3. The van der Waals surface area contributed by atoms with E-state index in [1.807, 2.05) is 0 Å². The molecule has 0 spiro atoms. The van der Waals surface area contributed by atoms with E-state index in [1.54, 1.807) is 4.57 Å². The lowest BCUT2D eigenvalue weighted by Crippen LogP contribution is -2.24. The van der Waals surface area contributed by atoms with Gasteiger partial charge in [-0.3, -0.25) is 14.4 Å². The Hall–Kier alpha value is -3.10. The predicted molar refractivity (Wildman–Crippen MR) is 86.3 cm³/mol. The molecule has 0 radical (unpaired) electrons. The fourth-order valence-electron chi connectivity index (χ4n) is 3.57. The van der Waals surface area contributed by atoms with Crippen molar-refractivity contribution < 1.29 is 33.4 Å². The number of methoxy groups -OCH3 is 1. The number of aromatic nitrogens is 1. The molecule has 1 amide bonds. The van der Waals surface area contributed by atoms with Gasteiger partial charge in [-0.15, -0.1) is 0 Å². The summed E-state index contributed by atoms with van der Waals surface area (Å²) in [4.78, 5) is 48.2. The quantitative estimate of drug-likeness (QED) is 0.802. The van der Waals surface area contributed by atoms with E-state index < -0.39 is 23.9 Å². The van der Waals surface area contributed by atoms with E-state index in [0.717, 1.165) is 0 Å². The number of ketones is 2. The van der Waals surface area contributed by atoms with Gasteiger partial charge in [0.25, 0.3) is 0 Å². The summed E-state index contributed by atoms with van der Waals surface area (Å²) in [5, 5.41) is 0. The van der Waals surface area contributed by atoms with Gasteiger partial charge < -0.3 is 24.5 Å². The maximum atomic E-state index is 12.9. The largest absolute Gasteiger partial charge is 0.492 e. The molecule has 2 aliphatic rings. The van der Waals surface area contributed by atoms with Crippen molar-refractivity contribution in [3.63, 3.8) is 0 Å². The van der Waals surface area contributed by atoms with Crippen LogP contribution in [0.1, 0.15) is 58.5 Å². The standard InChI is InChI=1S/C17H18N2O7/c1-7-14(21)13-11(15(22)16(7)24-3)9(6-25-17(18)23)12-10(26-8(2)20)4-5-19(12)13/h10H,4-6H2,1-3H3,(H2,18,23). The number of hydrogen-bond acceptors (Lipinski definition) is 7. The van der Waals surface area contributed by atoms with E-state index in [4.69, 9.17) is 19.9 Å². The fourth-order valence-corrected chi connectivity index (χ4v) is 3.57. The number of esters is 1. The number of carbonyl (C=O) groups excluding carboxylic acids is 4. The maximum Gasteiger partial charge on any atom is 0.404 e. The summed E-state index contributed by atoms with van der Waals surface area (Å²) in [5.41, 5.74) is 6.32. The van der Waals surface area contributed by atoms with Crippen molar-refractivity contribution in [3.05, 3.63) is 33.8 Å². The topological polar surface area (TPSA) is 127 Å². The third-order valence-corrected chi connectivity index (χ3v) is 4.53. The Labute approximate surface area is 148 Å². The molecule has 0 aromatic carbocycles. The van der Waals surface area contributed by atoms with Gasteiger partial charge in [0, 0.05) is 31.0 Å². The van der Waals surface area contributed by atoms with Gasteiger partial charge in [0.05, 0.1) is 18.4 Å². The molecule has 26 heavy (non-hydrogen) atoms. The highest BCUT2D eigenvalue weighted by molar-refractivity contribution is 6.26. The van der Waals surface area contributed by atoms with Crippen LogP contribution in [-0.4, -0.2) is 35.3 Å². The first-order valence-electron chi connectivity index (χ1n) is 7.96. The van der Waals surface area contributed by atoms with Crippen molar-refractivity contribution in [1.29, 1.82) is 0 Å². The minimum absolute atomic E-state index is 0.0591. The molecule has 1 unspecified atom stereocenters. The summed E-state index contributed by atoms with van der Waals surface area (Å²) >= 11 is 0. The third kappa shape index (κ3) is 2.56. The van der Waals surface area contributed by atoms with Crippen LogP contribution in [0, 0.1) is 0 Å². The lowest BCUT2D eigenvalue weighted by Gasteiger charge is -2.18. The Morgan fingerprint density at radius 1 is 1.27 bits per heavy atom. The first kappa shape index (κ1) is 17.7. The normalized spacial score (nSPS) is 18.5. The summed E-state index contributed by atoms with van der Waals surface area (Å²) < 4.78 is 16.9.